The van der Waals surface area contributed by atoms with E-state index in [-0.39, 0.29) is 11.8 Å². The molecule has 0 aromatic heterocycles. The van der Waals surface area contributed by atoms with Gasteiger partial charge in [-0.05, 0) is 70.7 Å². The lowest BCUT2D eigenvalue weighted by atomic mass is 9.88. The third kappa shape index (κ3) is 3.35. The van der Waals surface area contributed by atoms with Crippen LogP contribution >= 0.6 is 15.9 Å². The lowest BCUT2D eigenvalue weighted by Crippen LogP contribution is -2.33. The highest BCUT2D eigenvalue weighted by molar-refractivity contribution is 9.10. The van der Waals surface area contributed by atoms with Crippen LogP contribution in [0.1, 0.15) is 22.7 Å². The Hall–Kier alpha value is -1.92. The van der Waals surface area contributed by atoms with Crippen LogP contribution in [0.2, 0.25) is 0 Å². The van der Waals surface area contributed by atoms with Gasteiger partial charge in [-0.3, -0.25) is 4.90 Å². The molecule has 26 heavy (non-hydrogen) atoms. The topological polar surface area (TPSA) is 51.2 Å². The first kappa shape index (κ1) is 18.9. The molecule has 3 rings (SSSR count). The Morgan fingerprint density at radius 3 is 2.38 bits per heavy atom. The van der Waals surface area contributed by atoms with Crippen molar-refractivity contribution in [1.29, 1.82) is 0 Å². The summed E-state index contributed by atoms with van der Waals surface area (Å²) in [5.74, 6) is 2.10. The van der Waals surface area contributed by atoms with E-state index in [9.17, 15) is 5.11 Å². The summed E-state index contributed by atoms with van der Waals surface area (Å²) in [4.78, 5) is 2.34. The molecule has 1 aliphatic heterocycles. The SMILES string of the molecule is COc1cc2c(cc1OC)[C@@H](Cc1ccc(OC)c(O)c1Br)N(C)CC2. The van der Waals surface area contributed by atoms with E-state index < -0.39 is 0 Å². The van der Waals surface area contributed by atoms with Crippen LogP contribution in [0, 0.1) is 0 Å². The molecule has 0 bridgehead atoms. The van der Waals surface area contributed by atoms with Gasteiger partial charge in [-0.1, -0.05) is 6.07 Å². The summed E-state index contributed by atoms with van der Waals surface area (Å²) in [5, 5.41) is 10.3. The molecule has 1 heterocycles. The lowest BCUT2D eigenvalue weighted by Gasteiger charge is -2.35. The van der Waals surface area contributed by atoms with Crippen LogP contribution in [-0.4, -0.2) is 44.9 Å². The van der Waals surface area contributed by atoms with Gasteiger partial charge < -0.3 is 19.3 Å². The van der Waals surface area contributed by atoms with Crippen LogP contribution in [0.25, 0.3) is 0 Å². The molecule has 0 unspecified atom stereocenters. The number of methoxy groups -OCH3 is 3. The van der Waals surface area contributed by atoms with E-state index in [0.29, 0.717) is 10.2 Å². The molecular weight excluding hydrogens is 398 g/mol. The van der Waals surface area contributed by atoms with E-state index in [1.54, 1.807) is 27.4 Å². The summed E-state index contributed by atoms with van der Waals surface area (Å²) >= 11 is 3.52. The molecule has 0 fully saturated rings. The molecule has 1 aliphatic rings. The second-order valence-electron chi connectivity index (χ2n) is 6.45. The maximum absolute atomic E-state index is 10.3. The van der Waals surface area contributed by atoms with E-state index in [1.165, 1.54) is 11.1 Å². The van der Waals surface area contributed by atoms with Crippen molar-refractivity contribution in [3.8, 4) is 23.0 Å². The molecular formula is C20H24BrNO4. The summed E-state index contributed by atoms with van der Waals surface area (Å²) in [6.45, 7) is 0.965. The van der Waals surface area contributed by atoms with Crippen LogP contribution in [0.4, 0.5) is 0 Å². The Morgan fingerprint density at radius 1 is 1.08 bits per heavy atom. The number of rotatable bonds is 5. The van der Waals surface area contributed by atoms with Crippen molar-refractivity contribution < 1.29 is 19.3 Å². The fourth-order valence-electron chi connectivity index (χ4n) is 3.54. The first-order valence-corrected chi connectivity index (χ1v) is 9.28. The van der Waals surface area contributed by atoms with Gasteiger partial charge in [-0.15, -0.1) is 0 Å². The van der Waals surface area contributed by atoms with Gasteiger partial charge in [0.25, 0.3) is 0 Å². The Kier molecular flexibility index (Phi) is 5.63. The van der Waals surface area contributed by atoms with Gasteiger partial charge in [0, 0.05) is 12.6 Å². The number of phenolic OH excluding ortho intramolecular Hbond substituents is 1. The van der Waals surface area contributed by atoms with Crippen molar-refractivity contribution in [1.82, 2.24) is 4.90 Å². The molecule has 5 nitrogen and oxygen atoms in total. The smallest absolute Gasteiger partial charge is 0.172 e. The predicted octanol–water partition coefficient (Wildman–Crippen LogP) is 3.95. The fraction of sp³-hybridized carbons (Fsp3) is 0.400. The maximum atomic E-state index is 10.3. The molecule has 1 N–H and O–H groups in total. The van der Waals surface area contributed by atoms with E-state index in [1.807, 2.05) is 6.07 Å². The molecule has 2 aromatic carbocycles. The number of aromatic hydroxyl groups is 1. The van der Waals surface area contributed by atoms with Crippen LogP contribution in [0.3, 0.4) is 0 Å². The van der Waals surface area contributed by atoms with Gasteiger partial charge >= 0.3 is 0 Å². The number of benzene rings is 2. The third-order valence-electron chi connectivity index (χ3n) is 5.06. The first-order chi connectivity index (χ1) is 12.5. The minimum absolute atomic E-state index is 0.135. The van der Waals surface area contributed by atoms with Crippen molar-refractivity contribution >= 4 is 15.9 Å². The number of hydrogen-bond acceptors (Lipinski definition) is 5. The van der Waals surface area contributed by atoms with E-state index in [2.05, 4.69) is 40.0 Å². The fourth-order valence-corrected chi connectivity index (χ4v) is 4.03. The Labute approximate surface area is 162 Å². The second-order valence-corrected chi connectivity index (χ2v) is 7.24. The summed E-state index contributed by atoms with van der Waals surface area (Å²) in [6, 6.07) is 8.13. The Morgan fingerprint density at radius 2 is 1.73 bits per heavy atom. The average molecular weight is 422 g/mol. The van der Waals surface area contributed by atoms with Crippen LogP contribution in [0.15, 0.2) is 28.7 Å². The summed E-state index contributed by atoms with van der Waals surface area (Å²) in [5.41, 5.74) is 3.54. The zero-order valence-electron chi connectivity index (χ0n) is 15.5. The van der Waals surface area contributed by atoms with Gasteiger partial charge in [0.05, 0.1) is 25.8 Å². The monoisotopic (exact) mass is 421 g/mol. The zero-order chi connectivity index (χ0) is 18.8. The van der Waals surface area contributed by atoms with Gasteiger partial charge in [0.15, 0.2) is 23.0 Å². The number of phenols is 1. The largest absolute Gasteiger partial charge is 0.503 e. The number of ether oxygens (including phenoxy) is 3. The number of likely N-dealkylation sites (N-methyl/N-ethyl adjacent to an activating group) is 1. The van der Waals surface area contributed by atoms with E-state index in [4.69, 9.17) is 14.2 Å². The minimum Gasteiger partial charge on any atom is -0.503 e. The first-order valence-electron chi connectivity index (χ1n) is 8.49. The van der Waals surface area contributed by atoms with Crippen molar-refractivity contribution in [3.63, 3.8) is 0 Å². The van der Waals surface area contributed by atoms with Crippen LogP contribution < -0.4 is 14.2 Å². The van der Waals surface area contributed by atoms with Crippen molar-refractivity contribution in [2.24, 2.45) is 0 Å². The maximum Gasteiger partial charge on any atom is 0.172 e. The van der Waals surface area contributed by atoms with Crippen molar-refractivity contribution in [2.45, 2.75) is 18.9 Å². The molecule has 0 spiro atoms. The molecule has 1 atom stereocenters. The number of halogens is 1. The van der Waals surface area contributed by atoms with Gasteiger partial charge in [0.2, 0.25) is 0 Å². The Bertz CT molecular complexity index is 809. The molecule has 140 valence electrons. The number of fused-ring (bicyclic) bond motifs is 1. The van der Waals surface area contributed by atoms with Gasteiger partial charge in [-0.2, -0.15) is 0 Å². The predicted molar refractivity (Wildman–Crippen MR) is 105 cm³/mol. The molecule has 0 saturated heterocycles. The van der Waals surface area contributed by atoms with Gasteiger partial charge in [0.1, 0.15) is 0 Å². The quantitative estimate of drug-likeness (QED) is 0.791. The standard InChI is InChI=1S/C20H24BrNO4/c1-22-8-7-12-10-17(25-3)18(26-4)11-14(12)15(22)9-13-5-6-16(24-2)20(23)19(13)21/h5-6,10-11,15,23H,7-9H2,1-4H3/t15-/m1/s1. The number of nitrogens with zero attached hydrogens (tertiary/aromatic N) is 1. The highest BCUT2D eigenvalue weighted by Gasteiger charge is 2.28. The molecule has 0 amide bonds. The summed E-state index contributed by atoms with van der Waals surface area (Å²) in [6.07, 6.45) is 1.73. The highest BCUT2D eigenvalue weighted by Crippen LogP contribution is 2.42. The minimum atomic E-state index is 0.135. The lowest BCUT2D eigenvalue weighted by molar-refractivity contribution is 0.227. The van der Waals surface area contributed by atoms with Gasteiger partial charge in [-0.25, -0.2) is 0 Å². The van der Waals surface area contributed by atoms with Crippen LogP contribution in [0.5, 0.6) is 23.0 Å². The Balaban J connectivity index is 2.00. The van der Waals surface area contributed by atoms with E-state index in [0.717, 1.165) is 36.4 Å². The molecule has 0 radical (unpaired) electrons. The molecule has 0 aliphatic carbocycles. The molecule has 2 aromatic rings. The summed E-state index contributed by atoms with van der Waals surface area (Å²) in [7, 11) is 6.99. The molecule has 0 saturated carbocycles. The zero-order valence-corrected chi connectivity index (χ0v) is 17.1. The normalized spacial score (nSPS) is 16.9. The third-order valence-corrected chi connectivity index (χ3v) is 5.95. The van der Waals surface area contributed by atoms with E-state index >= 15 is 0 Å². The number of hydrogen-bond donors (Lipinski definition) is 1. The van der Waals surface area contributed by atoms with Crippen LogP contribution in [-0.2, 0) is 12.8 Å². The molecule has 6 heteroatoms. The van der Waals surface area contributed by atoms with Crippen molar-refractivity contribution in [2.75, 3.05) is 34.9 Å². The summed E-state index contributed by atoms with van der Waals surface area (Å²) < 4.78 is 16.8. The van der Waals surface area contributed by atoms with Crippen molar-refractivity contribution in [3.05, 3.63) is 45.4 Å². The highest BCUT2D eigenvalue weighted by atomic mass is 79.9. The second kappa shape index (κ2) is 7.76. The average Bonchev–Trinajstić information content (AvgIpc) is 2.66.